The third-order valence-electron chi connectivity index (χ3n) is 3.99. The number of carbonyl (C=O) groups excluding carboxylic acids is 1. The Kier molecular flexibility index (Phi) is 4.98. The lowest BCUT2D eigenvalue weighted by Gasteiger charge is -2.47. The van der Waals surface area contributed by atoms with Gasteiger partial charge < -0.3 is 24.6 Å². The number of rotatable bonds is 3. The van der Waals surface area contributed by atoms with E-state index in [1.54, 1.807) is 0 Å². The van der Waals surface area contributed by atoms with E-state index in [0.717, 1.165) is 5.56 Å². The molecule has 0 radical (unpaired) electrons. The van der Waals surface area contributed by atoms with Crippen molar-refractivity contribution in [1.82, 2.24) is 5.32 Å². The summed E-state index contributed by atoms with van der Waals surface area (Å²) in [4.78, 5) is 14.1. The number of carbonyl (C=O) groups is 1. The van der Waals surface area contributed by atoms with E-state index in [4.69, 9.17) is 19.7 Å². The molecule has 9 nitrogen and oxygen atoms in total. The molecule has 0 aromatic heterocycles. The van der Waals surface area contributed by atoms with E-state index in [0.29, 0.717) is 0 Å². The molecule has 128 valence electrons. The number of fused-ring (bicyclic) bond motifs is 1. The molecule has 0 bridgehead atoms. The number of hydrogen-bond donors (Lipinski definition) is 2. The lowest BCUT2D eigenvalue weighted by molar-refractivity contribution is -0.314. The molecule has 1 unspecified atom stereocenters. The fourth-order valence-electron chi connectivity index (χ4n) is 2.93. The van der Waals surface area contributed by atoms with Crippen LogP contribution >= 0.6 is 0 Å². The molecule has 2 aliphatic heterocycles. The smallest absolute Gasteiger partial charge is 0.217 e. The minimum Gasteiger partial charge on any atom is -0.388 e. The van der Waals surface area contributed by atoms with Gasteiger partial charge in [0, 0.05) is 17.4 Å². The molecule has 2 N–H and O–H groups in total. The molecule has 1 amide bonds. The van der Waals surface area contributed by atoms with Gasteiger partial charge >= 0.3 is 0 Å². The van der Waals surface area contributed by atoms with Gasteiger partial charge in [-0.2, -0.15) is 0 Å². The lowest BCUT2D eigenvalue weighted by Crippen LogP contribution is -2.65. The van der Waals surface area contributed by atoms with Crippen LogP contribution in [0.4, 0.5) is 0 Å². The molecule has 9 heteroatoms. The first kappa shape index (κ1) is 16.7. The van der Waals surface area contributed by atoms with Crippen molar-refractivity contribution in [3.63, 3.8) is 0 Å². The van der Waals surface area contributed by atoms with E-state index in [1.165, 1.54) is 6.92 Å². The summed E-state index contributed by atoms with van der Waals surface area (Å²) in [7, 11) is 0. The van der Waals surface area contributed by atoms with Crippen LogP contribution in [-0.2, 0) is 19.0 Å². The third kappa shape index (κ3) is 3.35. The molecule has 2 heterocycles. The molecule has 3 rings (SSSR count). The normalized spacial score (nSPS) is 35.4. The van der Waals surface area contributed by atoms with E-state index in [-0.39, 0.29) is 12.5 Å². The molecular weight excluding hydrogens is 316 g/mol. The maximum Gasteiger partial charge on any atom is 0.217 e. The summed E-state index contributed by atoms with van der Waals surface area (Å²) >= 11 is 0. The van der Waals surface area contributed by atoms with Gasteiger partial charge in [0.2, 0.25) is 5.91 Å². The van der Waals surface area contributed by atoms with Gasteiger partial charge in [-0.05, 0) is 5.53 Å². The van der Waals surface area contributed by atoms with Crippen LogP contribution in [0.5, 0.6) is 0 Å². The maximum absolute atomic E-state index is 11.4. The van der Waals surface area contributed by atoms with Gasteiger partial charge in [-0.1, -0.05) is 35.4 Å². The molecule has 1 aromatic carbocycles. The van der Waals surface area contributed by atoms with Crippen LogP contribution in [0, 0.1) is 0 Å². The van der Waals surface area contributed by atoms with Crippen LogP contribution < -0.4 is 5.32 Å². The summed E-state index contributed by atoms with van der Waals surface area (Å²) in [6, 6.07) is 8.42. The SMILES string of the molecule is CC(=O)N[C@@H]1[C@@H](O)[C@@H]2OC(c3ccccc3)OC[C@H]2O[C@@H]1N=[N+]=[N-]. The Balaban J connectivity index is 1.79. The van der Waals surface area contributed by atoms with Crippen LogP contribution in [-0.4, -0.2) is 48.2 Å². The van der Waals surface area contributed by atoms with Gasteiger partial charge in [0.1, 0.15) is 18.3 Å². The number of benzene rings is 1. The second-order valence-corrected chi connectivity index (χ2v) is 5.66. The first-order valence-electron chi connectivity index (χ1n) is 7.57. The maximum atomic E-state index is 11.4. The van der Waals surface area contributed by atoms with Crippen molar-refractivity contribution in [3.8, 4) is 0 Å². The summed E-state index contributed by atoms with van der Waals surface area (Å²) in [6.45, 7) is 1.48. The van der Waals surface area contributed by atoms with E-state index >= 15 is 0 Å². The Bertz CT molecular complexity index is 636. The molecule has 2 saturated heterocycles. The number of aliphatic hydroxyl groups excluding tert-OH is 1. The predicted molar refractivity (Wildman–Crippen MR) is 81.4 cm³/mol. The van der Waals surface area contributed by atoms with Gasteiger partial charge in [-0.15, -0.1) is 0 Å². The molecule has 2 aliphatic rings. The van der Waals surface area contributed by atoms with Gasteiger partial charge in [0.15, 0.2) is 12.5 Å². The zero-order valence-corrected chi connectivity index (χ0v) is 13.0. The predicted octanol–water partition coefficient (Wildman–Crippen LogP) is 1.00. The van der Waals surface area contributed by atoms with Gasteiger partial charge in [0.25, 0.3) is 0 Å². The fourth-order valence-corrected chi connectivity index (χ4v) is 2.93. The monoisotopic (exact) mass is 334 g/mol. The standard InChI is InChI=1S/C15H18N4O5/c1-8(20)17-11-12(21)13-10(23-14(11)18-19-16)7-22-15(24-13)9-5-3-2-4-6-9/h2-6,10-15,21H,7H2,1H3,(H,17,20)/t10-,11-,12-,13-,14+,15?/m1/s1. The second-order valence-electron chi connectivity index (χ2n) is 5.66. The Morgan fingerprint density at radius 3 is 2.79 bits per heavy atom. The highest BCUT2D eigenvalue weighted by atomic mass is 16.7. The van der Waals surface area contributed by atoms with E-state index in [1.807, 2.05) is 30.3 Å². The second kappa shape index (κ2) is 7.16. The topological polar surface area (TPSA) is 126 Å². The zero-order valence-electron chi connectivity index (χ0n) is 13.0. The summed E-state index contributed by atoms with van der Waals surface area (Å²) < 4.78 is 17.1. The van der Waals surface area contributed by atoms with Crippen LogP contribution in [0.3, 0.4) is 0 Å². The number of azide groups is 1. The largest absolute Gasteiger partial charge is 0.388 e. The highest BCUT2D eigenvalue weighted by Crippen LogP contribution is 2.34. The molecule has 0 saturated carbocycles. The average Bonchev–Trinajstić information content (AvgIpc) is 2.59. The Hall–Kier alpha value is -2.16. The Morgan fingerprint density at radius 1 is 1.38 bits per heavy atom. The fraction of sp³-hybridized carbons (Fsp3) is 0.533. The Labute approximate surface area is 138 Å². The first-order valence-corrected chi connectivity index (χ1v) is 7.57. The van der Waals surface area contributed by atoms with Crippen LogP contribution in [0.15, 0.2) is 35.4 Å². The van der Waals surface area contributed by atoms with Gasteiger partial charge in [0.05, 0.1) is 12.6 Å². The third-order valence-corrected chi connectivity index (χ3v) is 3.99. The van der Waals surface area contributed by atoms with Crippen molar-refractivity contribution < 1.29 is 24.1 Å². The minimum atomic E-state index is -1.10. The molecule has 1 aromatic rings. The van der Waals surface area contributed by atoms with Crippen LogP contribution in [0.2, 0.25) is 0 Å². The highest BCUT2D eigenvalue weighted by Gasteiger charge is 2.49. The van der Waals surface area contributed by atoms with Gasteiger partial charge in [-0.3, -0.25) is 4.79 Å². The Morgan fingerprint density at radius 2 is 2.12 bits per heavy atom. The molecule has 24 heavy (non-hydrogen) atoms. The van der Waals surface area contributed by atoms with Crippen molar-refractivity contribution in [3.05, 3.63) is 46.3 Å². The summed E-state index contributed by atoms with van der Waals surface area (Å²) in [5.41, 5.74) is 9.48. The lowest BCUT2D eigenvalue weighted by atomic mass is 9.95. The van der Waals surface area contributed by atoms with Crippen molar-refractivity contribution in [2.45, 2.75) is 43.8 Å². The van der Waals surface area contributed by atoms with E-state index in [2.05, 4.69) is 15.3 Å². The molecule has 2 fully saturated rings. The summed E-state index contributed by atoms with van der Waals surface area (Å²) in [5.74, 6) is -0.370. The molecule has 0 spiro atoms. The zero-order chi connectivity index (χ0) is 17.1. The van der Waals surface area contributed by atoms with E-state index in [9.17, 15) is 9.90 Å². The quantitative estimate of drug-likeness (QED) is 0.484. The molecule has 6 atom stereocenters. The van der Waals surface area contributed by atoms with Crippen molar-refractivity contribution >= 4 is 5.91 Å². The number of hydrogen-bond acceptors (Lipinski definition) is 6. The molecular formula is C15H18N4O5. The van der Waals surface area contributed by atoms with Crippen LogP contribution in [0.25, 0.3) is 10.4 Å². The molecule has 0 aliphatic carbocycles. The number of ether oxygens (including phenoxy) is 3. The number of nitrogens with zero attached hydrogens (tertiary/aromatic N) is 3. The number of amides is 1. The van der Waals surface area contributed by atoms with Crippen molar-refractivity contribution in [2.75, 3.05) is 6.61 Å². The van der Waals surface area contributed by atoms with Crippen molar-refractivity contribution in [2.24, 2.45) is 5.11 Å². The number of nitrogens with one attached hydrogen (secondary N) is 1. The van der Waals surface area contributed by atoms with Crippen molar-refractivity contribution in [1.29, 1.82) is 0 Å². The highest BCUT2D eigenvalue weighted by molar-refractivity contribution is 5.73. The van der Waals surface area contributed by atoms with E-state index < -0.39 is 36.9 Å². The first-order chi connectivity index (χ1) is 11.6. The van der Waals surface area contributed by atoms with Crippen LogP contribution in [0.1, 0.15) is 18.8 Å². The number of aliphatic hydroxyl groups is 1. The summed E-state index contributed by atoms with van der Waals surface area (Å²) in [5, 5.41) is 16.7. The average molecular weight is 334 g/mol. The minimum absolute atomic E-state index is 0.172. The summed E-state index contributed by atoms with van der Waals surface area (Å²) in [6.07, 6.45) is -4.08. The van der Waals surface area contributed by atoms with Gasteiger partial charge in [-0.25, -0.2) is 0 Å².